The molecule has 0 fully saturated rings. The molecule has 2 aromatic rings. The second-order valence-corrected chi connectivity index (χ2v) is 5.43. The number of nitrogens with one attached hydrogen (secondary N) is 2. The molecule has 0 radical (unpaired) electrons. The van der Waals surface area contributed by atoms with Crippen LogP contribution in [0.1, 0.15) is 19.4 Å². The number of anilines is 1. The molecule has 27 heavy (non-hydrogen) atoms. The Kier molecular flexibility index (Phi) is 10.4. The standard InChI is InChI=1S/C20H27N3O3.HI/c1-5-21-20(22-14-15-9-7-8-10-17(15)26-6-2)23-16-11-12-18(24-3)19(13-16)25-4;/h7-13H,5-6,14H2,1-4H3,(H2,21,22,23);1H. The van der Waals surface area contributed by atoms with Gasteiger partial charge in [-0.25, -0.2) is 4.99 Å². The molecular formula is C20H28IN3O3. The van der Waals surface area contributed by atoms with Gasteiger partial charge in [0, 0.05) is 23.9 Å². The zero-order valence-electron chi connectivity index (χ0n) is 16.2. The van der Waals surface area contributed by atoms with Crippen molar-refractivity contribution in [2.45, 2.75) is 20.4 Å². The molecule has 2 aromatic carbocycles. The van der Waals surface area contributed by atoms with Crippen LogP contribution in [0, 0.1) is 0 Å². The number of halogens is 1. The van der Waals surface area contributed by atoms with Crippen molar-refractivity contribution in [2.24, 2.45) is 4.99 Å². The van der Waals surface area contributed by atoms with Crippen molar-refractivity contribution in [3.05, 3.63) is 48.0 Å². The number of methoxy groups -OCH3 is 2. The van der Waals surface area contributed by atoms with Gasteiger partial charge in [-0.15, -0.1) is 24.0 Å². The maximum absolute atomic E-state index is 5.66. The molecule has 2 rings (SSSR count). The number of rotatable bonds is 8. The van der Waals surface area contributed by atoms with E-state index >= 15 is 0 Å². The van der Waals surface area contributed by atoms with Crippen LogP contribution in [0.4, 0.5) is 5.69 Å². The second-order valence-electron chi connectivity index (χ2n) is 5.43. The third-order valence-electron chi connectivity index (χ3n) is 3.67. The molecule has 0 saturated heterocycles. The number of aliphatic imine (C=N–C) groups is 1. The van der Waals surface area contributed by atoms with Crippen LogP contribution in [0.3, 0.4) is 0 Å². The molecule has 148 valence electrons. The van der Waals surface area contributed by atoms with E-state index in [2.05, 4.69) is 15.6 Å². The molecule has 0 bridgehead atoms. The van der Waals surface area contributed by atoms with E-state index in [1.807, 2.05) is 56.3 Å². The SMILES string of the molecule is CCNC(=NCc1ccccc1OCC)Nc1ccc(OC)c(OC)c1.I. The summed E-state index contributed by atoms with van der Waals surface area (Å²) >= 11 is 0. The monoisotopic (exact) mass is 485 g/mol. The first-order valence-electron chi connectivity index (χ1n) is 8.69. The largest absolute Gasteiger partial charge is 0.494 e. The molecule has 0 amide bonds. The van der Waals surface area contributed by atoms with E-state index in [0.717, 1.165) is 23.5 Å². The Morgan fingerprint density at radius 2 is 1.70 bits per heavy atom. The van der Waals surface area contributed by atoms with Crippen molar-refractivity contribution in [2.75, 3.05) is 32.7 Å². The summed E-state index contributed by atoms with van der Waals surface area (Å²) in [6.45, 7) is 5.90. The fraction of sp³-hybridized carbons (Fsp3) is 0.350. The Labute approximate surface area is 178 Å². The first-order chi connectivity index (χ1) is 12.7. The summed E-state index contributed by atoms with van der Waals surface area (Å²) in [7, 11) is 3.23. The third kappa shape index (κ3) is 6.82. The quantitative estimate of drug-likeness (QED) is 0.332. The summed E-state index contributed by atoms with van der Waals surface area (Å²) in [5.41, 5.74) is 1.90. The van der Waals surface area contributed by atoms with E-state index in [0.29, 0.717) is 30.6 Å². The highest BCUT2D eigenvalue weighted by Gasteiger charge is 2.07. The first-order valence-corrected chi connectivity index (χ1v) is 8.69. The van der Waals surface area contributed by atoms with Gasteiger partial charge in [0.1, 0.15) is 5.75 Å². The third-order valence-corrected chi connectivity index (χ3v) is 3.67. The normalized spacial score (nSPS) is 10.6. The molecule has 0 aliphatic carbocycles. The van der Waals surface area contributed by atoms with Crippen molar-refractivity contribution in [1.82, 2.24) is 5.32 Å². The van der Waals surface area contributed by atoms with E-state index in [9.17, 15) is 0 Å². The zero-order valence-corrected chi connectivity index (χ0v) is 18.6. The average molecular weight is 485 g/mol. The lowest BCUT2D eigenvalue weighted by Crippen LogP contribution is -2.30. The molecular weight excluding hydrogens is 457 g/mol. The van der Waals surface area contributed by atoms with Crippen LogP contribution in [0.15, 0.2) is 47.5 Å². The van der Waals surface area contributed by atoms with E-state index in [-0.39, 0.29) is 24.0 Å². The Hall–Kier alpha value is -2.16. The number of ether oxygens (including phenoxy) is 3. The maximum Gasteiger partial charge on any atom is 0.196 e. The number of benzene rings is 2. The highest BCUT2D eigenvalue weighted by molar-refractivity contribution is 14.0. The predicted octanol–water partition coefficient (Wildman–Crippen LogP) is 4.30. The summed E-state index contributed by atoms with van der Waals surface area (Å²) in [6.07, 6.45) is 0. The van der Waals surface area contributed by atoms with Gasteiger partial charge in [-0.1, -0.05) is 18.2 Å². The van der Waals surface area contributed by atoms with Gasteiger partial charge < -0.3 is 24.8 Å². The second kappa shape index (κ2) is 12.3. The lowest BCUT2D eigenvalue weighted by molar-refractivity contribution is 0.336. The molecule has 0 saturated carbocycles. The molecule has 0 spiro atoms. The Morgan fingerprint density at radius 1 is 0.963 bits per heavy atom. The Bertz CT molecular complexity index is 738. The summed E-state index contributed by atoms with van der Waals surface area (Å²) in [5.74, 6) is 2.90. The minimum Gasteiger partial charge on any atom is -0.494 e. The molecule has 0 aromatic heterocycles. The van der Waals surface area contributed by atoms with Crippen LogP contribution in [0.25, 0.3) is 0 Å². The van der Waals surface area contributed by atoms with Gasteiger partial charge in [0.15, 0.2) is 17.5 Å². The topological polar surface area (TPSA) is 64.1 Å². The van der Waals surface area contributed by atoms with Crippen molar-refractivity contribution in [1.29, 1.82) is 0 Å². The van der Waals surface area contributed by atoms with Crippen LogP contribution in [0.5, 0.6) is 17.2 Å². The van der Waals surface area contributed by atoms with E-state index in [1.165, 1.54) is 0 Å². The van der Waals surface area contributed by atoms with Gasteiger partial charge in [0.05, 0.1) is 27.4 Å². The van der Waals surface area contributed by atoms with Crippen molar-refractivity contribution in [3.8, 4) is 17.2 Å². The molecule has 0 atom stereocenters. The Morgan fingerprint density at radius 3 is 2.37 bits per heavy atom. The van der Waals surface area contributed by atoms with Crippen molar-refractivity contribution < 1.29 is 14.2 Å². The maximum atomic E-state index is 5.66. The minimum absolute atomic E-state index is 0. The van der Waals surface area contributed by atoms with Gasteiger partial charge in [0.2, 0.25) is 0 Å². The first kappa shape index (κ1) is 22.9. The number of hydrogen-bond acceptors (Lipinski definition) is 4. The molecule has 0 aliphatic rings. The van der Waals surface area contributed by atoms with Crippen LogP contribution >= 0.6 is 24.0 Å². The van der Waals surface area contributed by atoms with Crippen LogP contribution in [-0.4, -0.2) is 33.3 Å². The Balaban J connectivity index is 0.00000364. The molecule has 7 heteroatoms. The number of nitrogens with zero attached hydrogens (tertiary/aromatic N) is 1. The summed E-state index contributed by atoms with van der Waals surface area (Å²) < 4.78 is 16.3. The lowest BCUT2D eigenvalue weighted by Gasteiger charge is -2.14. The van der Waals surface area contributed by atoms with Gasteiger partial charge in [0.25, 0.3) is 0 Å². The minimum atomic E-state index is 0. The number of guanidine groups is 1. The molecule has 2 N–H and O–H groups in total. The van der Waals surface area contributed by atoms with Crippen LogP contribution in [-0.2, 0) is 6.54 Å². The molecule has 0 unspecified atom stereocenters. The molecule has 6 nitrogen and oxygen atoms in total. The summed E-state index contributed by atoms with van der Waals surface area (Å²) in [6, 6.07) is 13.6. The van der Waals surface area contributed by atoms with Crippen molar-refractivity contribution >= 4 is 35.6 Å². The van der Waals surface area contributed by atoms with Gasteiger partial charge in [-0.2, -0.15) is 0 Å². The summed E-state index contributed by atoms with van der Waals surface area (Å²) in [4.78, 5) is 4.66. The fourth-order valence-corrected chi connectivity index (χ4v) is 2.45. The van der Waals surface area contributed by atoms with Gasteiger partial charge in [-0.3, -0.25) is 0 Å². The van der Waals surface area contributed by atoms with E-state index in [4.69, 9.17) is 14.2 Å². The smallest absolute Gasteiger partial charge is 0.196 e. The summed E-state index contributed by atoms with van der Waals surface area (Å²) in [5, 5.41) is 6.54. The van der Waals surface area contributed by atoms with E-state index < -0.39 is 0 Å². The fourth-order valence-electron chi connectivity index (χ4n) is 2.45. The highest BCUT2D eigenvalue weighted by Crippen LogP contribution is 2.29. The predicted molar refractivity (Wildman–Crippen MR) is 121 cm³/mol. The lowest BCUT2D eigenvalue weighted by atomic mass is 10.2. The van der Waals surface area contributed by atoms with Gasteiger partial charge in [-0.05, 0) is 32.0 Å². The van der Waals surface area contributed by atoms with Crippen molar-refractivity contribution in [3.63, 3.8) is 0 Å². The van der Waals surface area contributed by atoms with Gasteiger partial charge >= 0.3 is 0 Å². The highest BCUT2D eigenvalue weighted by atomic mass is 127. The number of para-hydroxylation sites is 1. The molecule has 0 aliphatic heterocycles. The van der Waals surface area contributed by atoms with E-state index in [1.54, 1.807) is 14.2 Å². The average Bonchev–Trinajstić information content (AvgIpc) is 2.67. The number of hydrogen-bond donors (Lipinski definition) is 2. The zero-order chi connectivity index (χ0) is 18.8. The van der Waals surface area contributed by atoms with Crippen LogP contribution < -0.4 is 24.8 Å². The molecule has 0 heterocycles. The van der Waals surface area contributed by atoms with Crippen LogP contribution in [0.2, 0.25) is 0 Å².